The van der Waals surface area contributed by atoms with Gasteiger partial charge in [-0.15, -0.1) is 0 Å². The Morgan fingerprint density at radius 2 is 2.11 bits per heavy atom. The van der Waals surface area contributed by atoms with Crippen molar-refractivity contribution in [2.24, 2.45) is 5.92 Å². The summed E-state index contributed by atoms with van der Waals surface area (Å²) in [5, 5.41) is 3.05. The quantitative estimate of drug-likeness (QED) is 0.759. The van der Waals surface area contributed by atoms with Crippen molar-refractivity contribution in [2.45, 2.75) is 38.6 Å². The maximum absolute atomic E-state index is 12.1. The Bertz CT molecular complexity index is 332. The van der Waals surface area contributed by atoms with E-state index in [0.717, 1.165) is 25.9 Å². The maximum Gasteiger partial charge on any atom is 0.317 e. The summed E-state index contributed by atoms with van der Waals surface area (Å²) < 4.78 is 0. The minimum atomic E-state index is 0.0364. The molecule has 102 valence electrons. The summed E-state index contributed by atoms with van der Waals surface area (Å²) in [4.78, 5) is 27.1. The summed E-state index contributed by atoms with van der Waals surface area (Å²) in [5.41, 5.74) is 0. The molecule has 0 aromatic rings. The molecule has 0 spiro atoms. The molecule has 18 heavy (non-hydrogen) atoms. The third-order valence-electron chi connectivity index (χ3n) is 3.90. The van der Waals surface area contributed by atoms with Gasteiger partial charge in [-0.2, -0.15) is 0 Å². The Morgan fingerprint density at radius 1 is 1.33 bits per heavy atom. The van der Waals surface area contributed by atoms with Crippen LogP contribution in [0.15, 0.2) is 0 Å². The minimum absolute atomic E-state index is 0.0364. The van der Waals surface area contributed by atoms with Gasteiger partial charge in [-0.25, -0.2) is 4.79 Å². The molecule has 0 radical (unpaired) electrons. The second-order valence-electron chi connectivity index (χ2n) is 5.65. The molecule has 5 heteroatoms. The average molecular weight is 253 g/mol. The fraction of sp³-hybridized carbons (Fsp3) is 0.846. The van der Waals surface area contributed by atoms with Crippen molar-refractivity contribution >= 4 is 11.9 Å². The Morgan fingerprint density at radius 3 is 2.78 bits per heavy atom. The van der Waals surface area contributed by atoms with Crippen molar-refractivity contribution in [3.63, 3.8) is 0 Å². The Labute approximate surface area is 108 Å². The first-order valence-electron chi connectivity index (χ1n) is 6.85. The van der Waals surface area contributed by atoms with E-state index in [2.05, 4.69) is 12.2 Å². The van der Waals surface area contributed by atoms with Crippen molar-refractivity contribution in [3.05, 3.63) is 0 Å². The summed E-state index contributed by atoms with van der Waals surface area (Å²) in [6.07, 6.45) is 3.61. The molecule has 3 amide bonds. The van der Waals surface area contributed by atoms with E-state index in [-0.39, 0.29) is 18.0 Å². The van der Waals surface area contributed by atoms with Crippen molar-refractivity contribution in [1.29, 1.82) is 0 Å². The van der Waals surface area contributed by atoms with Crippen LogP contribution in [0.3, 0.4) is 0 Å². The van der Waals surface area contributed by atoms with Gasteiger partial charge in [-0.1, -0.05) is 6.92 Å². The van der Waals surface area contributed by atoms with Gasteiger partial charge in [0.1, 0.15) is 0 Å². The zero-order chi connectivity index (χ0) is 13.1. The largest absolute Gasteiger partial charge is 0.344 e. The van der Waals surface area contributed by atoms with Gasteiger partial charge >= 0.3 is 6.03 Å². The standard InChI is InChI=1S/C13H23N3O2/c1-10-4-3-7-16(8-10)13(18)14-11-5-6-12(17)15(2)9-11/h10-11H,3-9H2,1-2H3,(H,14,18). The number of likely N-dealkylation sites (N-methyl/N-ethyl adjacent to an activating group) is 1. The summed E-state index contributed by atoms with van der Waals surface area (Å²) in [6, 6.07) is 0.145. The van der Waals surface area contributed by atoms with Crippen molar-refractivity contribution in [3.8, 4) is 0 Å². The molecule has 1 N–H and O–H groups in total. The molecular weight excluding hydrogens is 230 g/mol. The molecule has 2 saturated heterocycles. The Hall–Kier alpha value is -1.26. The van der Waals surface area contributed by atoms with Gasteiger partial charge in [0, 0.05) is 39.1 Å². The lowest BCUT2D eigenvalue weighted by Crippen LogP contribution is -2.53. The van der Waals surface area contributed by atoms with E-state index in [1.165, 1.54) is 6.42 Å². The molecule has 2 atom stereocenters. The van der Waals surface area contributed by atoms with Crippen LogP contribution in [-0.2, 0) is 4.79 Å². The molecule has 0 aromatic carbocycles. The van der Waals surface area contributed by atoms with Crippen LogP contribution in [0.25, 0.3) is 0 Å². The van der Waals surface area contributed by atoms with Crippen LogP contribution in [0.4, 0.5) is 4.79 Å². The van der Waals surface area contributed by atoms with Crippen LogP contribution in [0.2, 0.25) is 0 Å². The summed E-state index contributed by atoms with van der Waals surface area (Å²) in [5.74, 6) is 0.771. The van der Waals surface area contributed by atoms with Gasteiger partial charge in [0.25, 0.3) is 0 Å². The van der Waals surface area contributed by atoms with E-state index in [1.54, 1.807) is 11.9 Å². The van der Waals surface area contributed by atoms with Crippen LogP contribution in [0, 0.1) is 5.92 Å². The van der Waals surface area contributed by atoms with Gasteiger partial charge in [0.15, 0.2) is 0 Å². The highest BCUT2D eigenvalue weighted by molar-refractivity contribution is 5.78. The lowest BCUT2D eigenvalue weighted by molar-refractivity contribution is -0.132. The van der Waals surface area contributed by atoms with Crippen LogP contribution in [-0.4, -0.2) is 54.5 Å². The summed E-state index contributed by atoms with van der Waals surface area (Å²) >= 11 is 0. The number of likely N-dealkylation sites (tertiary alicyclic amines) is 2. The first kappa shape index (κ1) is 13.2. The third-order valence-corrected chi connectivity index (χ3v) is 3.90. The number of urea groups is 1. The molecule has 0 aliphatic carbocycles. The molecule has 2 fully saturated rings. The average Bonchev–Trinajstić information content (AvgIpc) is 2.34. The molecule has 2 unspecified atom stereocenters. The van der Waals surface area contributed by atoms with Crippen molar-refractivity contribution in [1.82, 2.24) is 15.1 Å². The second-order valence-corrected chi connectivity index (χ2v) is 5.65. The maximum atomic E-state index is 12.1. The molecule has 0 aromatic heterocycles. The highest BCUT2D eigenvalue weighted by atomic mass is 16.2. The van der Waals surface area contributed by atoms with Gasteiger partial charge in [-0.05, 0) is 25.2 Å². The van der Waals surface area contributed by atoms with Crippen LogP contribution < -0.4 is 5.32 Å². The first-order chi connectivity index (χ1) is 8.56. The highest BCUT2D eigenvalue weighted by Crippen LogP contribution is 2.16. The molecule has 2 aliphatic rings. The Kier molecular flexibility index (Phi) is 4.09. The first-order valence-corrected chi connectivity index (χ1v) is 6.85. The zero-order valence-corrected chi connectivity index (χ0v) is 11.3. The van der Waals surface area contributed by atoms with E-state index in [1.807, 2.05) is 4.90 Å². The molecule has 0 bridgehead atoms. The highest BCUT2D eigenvalue weighted by Gasteiger charge is 2.27. The summed E-state index contributed by atoms with van der Waals surface area (Å²) in [6.45, 7) is 4.53. The number of nitrogens with one attached hydrogen (secondary N) is 1. The lowest BCUT2D eigenvalue weighted by Gasteiger charge is -2.35. The van der Waals surface area contributed by atoms with Gasteiger partial charge in [-0.3, -0.25) is 4.79 Å². The van der Waals surface area contributed by atoms with Gasteiger partial charge in [0.2, 0.25) is 5.91 Å². The molecular formula is C13H23N3O2. The number of hydrogen-bond donors (Lipinski definition) is 1. The number of carbonyl (C=O) groups is 2. The predicted molar refractivity (Wildman–Crippen MR) is 69.2 cm³/mol. The third kappa shape index (κ3) is 3.15. The van der Waals surface area contributed by atoms with Crippen molar-refractivity contribution < 1.29 is 9.59 Å². The lowest BCUT2D eigenvalue weighted by atomic mass is 10.0. The number of rotatable bonds is 1. The normalized spacial score (nSPS) is 29.3. The van der Waals surface area contributed by atoms with E-state index in [4.69, 9.17) is 0 Å². The fourth-order valence-corrected chi connectivity index (χ4v) is 2.77. The zero-order valence-electron chi connectivity index (χ0n) is 11.3. The van der Waals surface area contributed by atoms with E-state index in [9.17, 15) is 9.59 Å². The molecule has 2 aliphatic heterocycles. The van der Waals surface area contributed by atoms with E-state index >= 15 is 0 Å². The molecule has 0 saturated carbocycles. The minimum Gasteiger partial charge on any atom is -0.344 e. The van der Waals surface area contributed by atoms with Crippen LogP contribution in [0.5, 0.6) is 0 Å². The predicted octanol–water partition coefficient (Wildman–Crippen LogP) is 1.05. The van der Waals surface area contributed by atoms with E-state index in [0.29, 0.717) is 18.9 Å². The van der Waals surface area contributed by atoms with E-state index < -0.39 is 0 Å². The van der Waals surface area contributed by atoms with Crippen molar-refractivity contribution in [2.75, 3.05) is 26.7 Å². The molecule has 5 nitrogen and oxygen atoms in total. The number of carbonyl (C=O) groups excluding carboxylic acids is 2. The monoisotopic (exact) mass is 253 g/mol. The van der Waals surface area contributed by atoms with Gasteiger partial charge in [0.05, 0.1) is 0 Å². The SMILES string of the molecule is CC1CCCN(C(=O)NC2CCC(=O)N(C)C2)C1. The van der Waals surface area contributed by atoms with Crippen LogP contribution in [0.1, 0.15) is 32.6 Å². The summed E-state index contributed by atoms with van der Waals surface area (Å²) in [7, 11) is 1.80. The van der Waals surface area contributed by atoms with Gasteiger partial charge < -0.3 is 15.1 Å². The molecule has 2 rings (SSSR count). The topological polar surface area (TPSA) is 52.7 Å². The Balaban J connectivity index is 1.82. The number of hydrogen-bond acceptors (Lipinski definition) is 2. The number of amides is 3. The second kappa shape index (κ2) is 5.59. The fourth-order valence-electron chi connectivity index (χ4n) is 2.77. The number of nitrogens with zero attached hydrogens (tertiary/aromatic N) is 2. The number of piperidine rings is 2. The molecule has 2 heterocycles. The smallest absolute Gasteiger partial charge is 0.317 e. The van der Waals surface area contributed by atoms with Crippen LogP contribution >= 0.6 is 0 Å².